The Hall–Kier alpha value is -3.37. The lowest BCUT2D eigenvalue weighted by molar-refractivity contribution is -0.121. The van der Waals surface area contributed by atoms with E-state index in [-0.39, 0.29) is 24.0 Å². The average molecular weight is 485 g/mol. The van der Waals surface area contributed by atoms with Crippen molar-refractivity contribution in [3.63, 3.8) is 0 Å². The number of aryl methyl sites for hydroxylation is 1. The Bertz CT molecular complexity index is 1180. The molecule has 0 radical (unpaired) electrons. The van der Waals surface area contributed by atoms with Crippen molar-refractivity contribution in [1.82, 2.24) is 25.4 Å². The first-order chi connectivity index (χ1) is 15.9. The monoisotopic (exact) mass is 484 g/mol. The summed E-state index contributed by atoms with van der Waals surface area (Å²) in [5, 5.41) is 17.5. The van der Waals surface area contributed by atoms with Gasteiger partial charge in [-0.3, -0.25) is 19.5 Å². The van der Waals surface area contributed by atoms with Gasteiger partial charge in [0.05, 0.1) is 5.75 Å². The highest BCUT2D eigenvalue weighted by atomic mass is 35.5. The van der Waals surface area contributed by atoms with E-state index >= 15 is 0 Å². The van der Waals surface area contributed by atoms with Crippen molar-refractivity contribution >= 4 is 46.9 Å². The van der Waals surface area contributed by atoms with Gasteiger partial charge in [-0.25, -0.2) is 4.79 Å². The zero-order valence-corrected chi connectivity index (χ0v) is 19.2. The fourth-order valence-corrected chi connectivity index (χ4v) is 4.33. The maximum atomic E-state index is 12.5. The van der Waals surface area contributed by atoms with Crippen LogP contribution in [0, 0.1) is 6.92 Å². The van der Waals surface area contributed by atoms with Crippen LogP contribution in [0.2, 0.25) is 5.02 Å². The van der Waals surface area contributed by atoms with Crippen LogP contribution in [-0.2, 0) is 16.0 Å². The number of urea groups is 1. The summed E-state index contributed by atoms with van der Waals surface area (Å²) in [6.45, 7) is 1.98. The van der Waals surface area contributed by atoms with E-state index in [4.69, 9.17) is 11.6 Å². The first kappa shape index (κ1) is 22.8. The summed E-state index contributed by atoms with van der Waals surface area (Å²) in [5.41, 5.74) is 2.54. The number of carbonyl (C=O) groups excluding carboxylic acids is 3. The molecule has 1 atom stereocenters. The predicted octanol–water partition coefficient (Wildman–Crippen LogP) is 3.10. The standard InChI is InChI=1S/C22H21ClN6O3S/c1-13-3-2-4-17(9-13)29-18(10-16-11-19(30)26-21(32)25-16)27-28-22(29)33-12-20(31)24-15-7-5-14(23)6-8-15/h2-9,16H,10-12H2,1H3,(H,24,31)(H2,25,26,30,32). The van der Waals surface area contributed by atoms with Gasteiger partial charge in [-0.2, -0.15) is 0 Å². The second-order valence-corrected chi connectivity index (χ2v) is 8.92. The Morgan fingerprint density at radius 3 is 2.73 bits per heavy atom. The van der Waals surface area contributed by atoms with Gasteiger partial charge in [-0.05, 0) is 48.9 Å². The minimum Gasteiger partial charge on any atom is -0.334 e. The minimum absolute atomic E-state index is 0.120. The van der Waals surface area contributed by atoms with Gasteiger partial charge in [0, 0.05) is 35.3 Å². The molecular formula is C22H21ClN6O3S. The maximum absolute atomic E-state index is 12.5. The number of hydrogen-bond donors (Lipinski definition) is 3. The fourth-order valence-electron chi connectivity index (χ4n) is 3.43. The molecule has 4 amide bonds. The van der Waals surface area contributed by atoms with E-state index < -0.39 is 12.1 Å². The Balaban J connectivity index is 1.53. The molecule has 1 aliphatic rings. The molecule has 0 spiro atoms. The normalized spacial score (nSPS) is 15.6. The molecular weight excluding hydrogens is 464 g/mol. The highest BCUT2D eigenvalue weighted by molar-refractivity contribution is 7.99. The molecule has 1 fully saturated rings. The number of amides is 4. The third kappa shape index (κ3) is 5.91. The Kier molecular flexibility index (Phi) is 6.95. The topological polar surface area (TPSA) is 118 Å². The molecule has 1 aromatic heterocycles. The predicted molar refractivity (Wildman–Crippen MR) is 126 cm³/mol. The van der Waals surface area contributed by atoms with Crippen LogP contribution in [0.4, 0.5) is 10.5 Å². The van der Waals surface area contributed by atoms with Crippen molar-refractivity contribution in [2.75, 3.05) is 11.1 Å². The summed E-state index contributed by atoms with van der Waals surface area (Å²) in [5.74, 6) is 0.175. The molecule has 0 saturated carbocycles. The third-order valence-corrected chi connectivity index (χ3v) is 6.05. The van der Waals surface area contributed by atoms with E-state index in [9.17, 15) is 14.4 Å². The highest BCUT2D eigenvalue weighted by Gasteiger charge is 2.27. The fraction of sp³-hybridized carbons (Fsp3) is 0.227. The molecule has 1 saturated heterocycles. The maximum Gasteiger partial charge on any atom is 0.321 e. The largest absolute Gasteiger partial charge is 0.334 e. The molecule has 0 aliphatic carbocycles. The number of thioether (sulfide) groups is 1. The lowest BCUT2D eigenvalue weighted by atomic mass is 10.1. The van der Waals surface area contributed by atoms with E-state index in [1.807, 2.05) is 35.8 Å². The number of benzene rings is 2. The van der Waals surface area contributed by atoms with Crippen LogP contribution in [0.3, 0.4) is 0 Å². The molecule has 2 heterocycles. The van der Waals surface area contributed by atoms with Gasteiger partial charge in [0.1, 0.15) is 5.82 Å². The van der Waals surface area contributed by atoms with Crippen LogP contribution in [0.1, 0.15) is 17.8 Å². The van der Waals surface area contributed by atoms with Crippen LogP contribution >= 0.6 is 23.4 Å². The molecule has 11 heteroatoms. The first-order valence-electron chi connectivity index (χ1n) is 10.2. The smallest absolute Gasteiger partial charge is 0.321 e. The number of hydrogen-bond acceptors (Lipinski definition) is 6. The summed E-state index contributed by atoms with van der Waals surface area (Å²) in [7, 11) is 0. The van der Waals surface area contributed by atoms with E-state index in [1.165, 1.54) is 11.8 Å². The van der Waals surface area contributed by atoms with Gasteiger partial charge < -0.3 is 10.6 Å². The SMILES string of the molecule is Cc1cccc(-n2c(CC3CC(=O)NC(=O)N3)nnc2SCC(=O)Nc2ccc(Cl)cc2)c1. The second kappa shape index (κ2) is 10.1. The molecule has 0 bridgehead atoms. The lowest BCUT2D eigenvalue weighted by Gasteiger charge is -2.23. The summed E-state index contributed by atoms with van der Waals surface area (Å²) < 4.78 is 1.85. The van der Waals surface area contributed by atoms with E-state index in [0.29, 0.717) is 28.1 Å². The molecule has 33 heavy (non-hydrogen) atoms. The molecule has 9 nitrogen and oxygen atoms in total. The lowest BCUT2D eigenvalue weighted by Crippen LogP contribution is -2.53. The van der Waals surface area contributed by atoms with Gasteiger partial charge in [-0.15, -0.1) is 10.2 Å². The highest BCUT2D eigenvalue weighted by Crippen LogP contribution is 2.24. The number of halogens is 1. The zero-order valence-electron chi connectivity index (χ0n) is 17.7. The number of aromatic nitrogens is 3. The Morgan fingerprint density at radius 2 is 2.00 bits per heavy atom. The number of anilines is 1. The molecule has 1 unspecified atom stereocenters. The van der Waals surface area contributed by atoms with E-state index in [2.05, 4.69) is 26.1 Å². The van der Waals surface area contributed by atoms with Gasteiger partial charge >= 0.3 is 6.03 Å². The zero-order chi connectivity index (χ0) is 23.4. The van der Waals surface area contributed by atoms with Crippen molar-refractivity contribution in [3.05, 3.63) is 64.9 Å². The van der Waals surface area contributed by atoms with Crippen molar-refractivity contribution < 1.29 is 14.4 Å². The summed E-state index contributed by atoms with van der Waals surface area (Å²) in [4.78, 5) is 35.9. The van der Waals surface area contributed by atoms with Gasteiger partial charge in [0.15, 0.2) is 5.16 Å². The van der Waals surface area contributed by atoms with Crippen molar-refractivity contribution in [3.8, 4) is 5.69 Å². The van der Waals surface area contributed by atoms with E-state index in [1.54, 1.807) is 24.3 Å². The van der Waals surface area contributed by atoms with Gasteiger partial charge in [0.2, 0.25) is 11.8 Å². The van der Waals surface area contributed by atoms with Crippen LogP contribution in [0.5, 0.6) is 0 Å². The summed E-state index contributed by atoms with van der Waals surface area (Å²) >= 11 is 7.13. The molecule has 4 rings (SSSR count). The summed E-state index contributed by atoms with van der Waals surface area (Å²) in [6, 6.07) is 13.7. The minimum atomic E-state index is -0.522. The van der Waals surface area contributed by atoms with Crippen molar-refractivity contribution in [1.29, 1.82) is 0 Å². The number of nitrogens with one attached hydrogen (secondary N) is 3. The van der Waals surface area contributed by atoms with Crippen LogP contribution in [-0.4, -0.2) is 44.4 Å². The van der Waals surface area contributed by atoms with E-state index in [0.717, 1.165) is 11.3 Å². The average Bonchev–Trinajstić information content (AvgIpc) is 3.15. The van der Waals surface area contributed by atoms with Crippen molar-refractivity contribution in [2.24, 2.45) is 0 Å². The number of rotatable bonds is 7. The number of carbonyl (C=O) groups is 3. The van der Waals surface area contributed by atoms with Crippen LogP contribution < -0.4 is 16.0 Å². The molecule has 170 valence electrons. The third-order valence-electron chi connectivity index (χ3n) is 4.87. The summed E-state index contributed by atoms with van der Waals surface area (Å²) in [6.07, 6.45) is 0.468. The molecule has 3 N–H and O–H groups in total. The van der Waals surface area contributed by atoms with Crippen molar-refractivity contribution in [2.45, 2.75) is 31.0 Å². The number of nitrogens with zero attached hydrogens (tertiary/aromatic N) is 3. The van der Waals surface area contributed by atoms with Gasteiger partial charge in [-0.1, -0.05) is 35.5 Å². The van der Waals surface area contributed by atoms with Gasteiger partial charge in [0.25, 0.3) is 0 Å². The number of imide groups is 1. The second-order valence-electron chi connectivity index (χ2n) is 7.54. The molecule has 2 aromatic carbocycles. The first-order valence-corrected chi connectivity index (χ1v) is 11.5. The Morgan fingerprint density at radius 1 is 1.21 bits per heavy atom. The van der Waals surface area contributed by atoms with Crippen LogP contribution in [0.25, 0.3) is 5.69 Å². The molecule has 3 aromatic rings. The Labute approximate surface area is 199 Å². The van der Waals surface area contributed by atoms with Crippen LogP contribution in [0.15, 0.2) is 53.7 Å². The quantitative estimate of drug-likeness (QED) is 0.443. The molecule has 1 aliphatic heterocycles.